The summed E-state index contributed by atoms with van der Waals surface area (Å²) in [4.78, 5) is 14.9. The number of carboxylic acids is 1. The Balaban J connectivity index is 2.23. The van der Waals surface area contributed by atoms with Crippen molar-refractivity contribution >= 4 is 17.5 Å². The second-order valence-corrected chi connectivity index (χ2v) is 4.21. The van der Waals surface area contributed by atoms with Gasteiger partial charge in [-0.2, -0.15) is 9.36 Å². The molecule has 1 aromatic heterocycles. The molecule has 6 heteroatoms. The molecule has 0 atom stereocenters. The highest BCUT2D eigenvalue weighted by atomic mass is 32.1. The number of ether oxygens (including phenoxy) is 1. The summed E-state index contributed by atoms with van der Waals surface area (Å²) < 4.78 is 9.46. The van der Waals surface area contributed by atoms with Crippen molar-refractivity contribution in [3.63, 3.8) is 0 Å². The molecule has 1 heterocycles. The average Bonchev–Trinajstić information content (AvgIpc) is 2.63. The summed E-state index contributed by atoms with van der Waals surface area (Å²) in [5.74, 6) is 0.272. The SMILES string of the molecule is Cc1nsc(Oc2ccc(C(=O)O)c(C)c2)n1. The van der Waals surface area contributed by atoms with Crippen molar-refractivity contribution in [1.82, 2.24) is 9.36 Å². The van der Waals surface area contributed by atoms with E-state index in [9.17, 15) is 4.79 Å². The van der Waals surface area contributed by atoms with Crippen molar-refractivity contribution in [2.45, 2.75) is 13.8 Å². The normalized spacial score (nSPS) is 10.2. The lowest BCUT2D eigenvalue weighted by Gasteiger charge is -2.04. The van der Waals surface area contributed by atoms with Gasteiger partial charge in [0.05, 0.1) is 5.56 Å². The van der Waals surface area contributed by atoms with E-state index in [0.29, 0.717) is 22.3 Å². The van der Waals surface area contributed by atoms with E-state index in [0.717, 1.165) is 11.5 Å². The summed E-state index contributed by atoms with van der Waals surface area (Å²) in [5, 5.41) is 9.34. The minimum atomic E-state index is -0.944. The Bertz CT molecular complexity index is 566. The topological polar surface area (TPSA) is 72.3 Å². The van der Waals surface area contributed by atoms with Crippen molar-refractivity contribution < 1.29 is 14.6 Å². The first-order valence-electron chi connectivity index (χ1n) is 4.88. The quantitative estimate of drug-likeness (QED) is 0.906. The van der Waals surface area contributed by atoms with E-state index in [4.69, 9.17) is 9.84 Å². The Hall–Kier alpha value is -1.95. The van der Waals surface area contributed by atoms with Gasteiger partial charge in [-0.25, -0.2) is 4.79 Å². The maximum absolute atomic E-state index is 10.8. The van der Waals surface area contributed by atoms with Gasteiger partial charge in [0, 0.05) is 11.5 Å². The van der Waals surface area contributed by atoms with Gasteiger partial charge in [-0.05, 0) is 37.6 Å². The first kappa shape index (κ1) is 11.5. The zero-order valence-corrected chi connectivity index (χ0v) is 10.1. The van der Waals surface area contributed by atoms with Crippen molar-refractivity contribution in [2.24, 2.45) is 0 Å². The largest absolute Gasteiger partial charge is 0.478 e. The van der Waals surface area contributed by atoms with E-state index in [-0.39, 0.29) is 5.56 Å². The minimum Gasteiger partial charge on any atom is -0.478 e. The molecular weight excluding hydrogens is 240 g/mol. The average molecular weight is 250 g/mol. The van der Waals surface area contributed by atoms with E-state index >= 15 is 0 Å². The summed E-state index contributed by atoms with van der Waals surface area (Å²) in [6.45, 7) is 3.50. The maximum Gasteiger partial charge on any atom is 0.335 e. The van der Waals surface area contributed by atoms with Crippen LogP contribution in [0.2, 0.25) is 0 Å². The van der Waals surface area contributed by atoms with Gasteiger partial charge in [0.2, 0.25) is 0 Å². The molecule has 2 rings (SSSR count). The van der Waals surface area contributed by atoms with Crippen molar-refractivity contribution in [1.29, 1.82) is 0 Å². The summed E-state index contributed by atoms with van der Waals surface area (Å²) in [6, 6.07) is 4.79. The van der Waals surface area contributed by atoms with Crippen LogP contribution in [-0.4, -0.2) is 20.4 Å². The first-order chi connectivity index (χ1) is 8.06. The second kappa shape index (κ2) is 4.50. The zero-order valence-electron chi connectivity index (χ0n) is 9.30. The van der Waals surface area contributed by atoms with Crippen LogP contribution in [0.4, 0.5) is 0 Å². The van der Waals surface area contributed by atoms with E-state index < -0.39 is 5.97 Å². The lowest BCUT2D eigenvalue weighted by molar-refractivity contribution is 0.0696. The highest BCUT2D eigenvalue weighted by molar-refractivity contribution is 7.07. The lowest BCUT2D eigenvalue weighted by atomic mass is 10.1. The standard InChI is InChI=1S/C11H10N2O3S/c1-6-5-8(3-4-9(6)10(14)15)16-11-12-7(2)13-17-11/h3-5H,1-2H3,(H,14,15). The molecule has 5 nitrogen and oxygen atoms in total. The molecule has 0 saturated heterocycles. The molecule has 0 fully saturated rings. The van der Waals surface area contributed by atoms with Crippen LogP contribution in [-0.2, 0) is 0 Å². The third-order valence-electron chi connectivity index (χ3n) is 2.14. The predicted molar refractivity (Wildman–Crippen MR) is 62.9 cm³/mol. The van der Waals surface area contributed by atoms with Crippen molar-refractivity contribution in [3.05, 3.63) is 35.2 Å². The highest BCUT2D eigenvalue weighted by Crippen LogP contribution is 2.25. The molecule has 0 spiro atoms. The summed E-state index contributed by atoms with van der Waals surface area (Å²) in [6.07, 6.45) is 0. The number of carboxylic acid groups (broad SMARTS) is 1. The summed E-state index contributed by atoms with van der Waals surface area (Å²) >= 11 is 1.16. The Kier molecular flexibility index (Phi) is 3.06. The van der Waals surface area contributed by atoms with Crippen LogP contribution >= 0.6 is 11.5 Å². The molecule has 0 aliphatic rings. The number of hydrogen-bond acceptors (Lipinski definition) is 5. The molecule has 88 valence electrons. The fourth-order valence-corrected chi connectivity index (χ4v) is 1.92. The smallest absolute Gasteiger partial charge is 0.335 e. The van der Waals surface area contributed by atoms with E-state index in [1.165, 1.54) is 6.07 Å². The number of aromatic carboxylic acids is 1. The highest BCUT2D eigenvalue weighted by Gasteiger charge is 2.09. The van der Waals surface area contributed by atoms with Gasteiger partial charge in [0.15, 0.2) is 0 Å². The van der Waals surface area contributed by atoms with Gasteiger partial charge in [-0.15, -0.1) is 0 Å². The van der Waals surface area contributed by atoms with Crippen LogP contribution < -0.4 is 4.74 Å². The number of hydrogen-bond donors (Lipinski definition) is 1. The molecule has 2 aromatic rings. The van der Waals surface area contributed by atoms with Crippen molar-refractivity contribution in [3.8, 4) is 10.9 Å². The third-order valence-corrected chi connectivity index (χ3v) is 2.83. The molecule has 0 aliphatic carbocycles. The molecule has 0 aliphatic heterocycles. The third kappa shape index (κ3) is 2.59. The van der Waals surface area contributed by atoms with Crippen LogP contribution in [0.1, 0.15) is 21.7 Å². The van der Waals surface area contributed by atoms with E-state index in [2.05, 4.69) is 9.36 Å². The zero-order chi connectivity index (χ0) is 12.4. The first-order valence-corrected chi connectivity index (χ1v) is 5.65. The summed E-state index contributed by atoms with van der Waals surface area (Å²) in [7, 11) is 0. The minimum absolute atomic E-state index is 0.269. The van der Waals surface area contributed by atoms with Gasteiger partial charge in [-0.3, -0.25) is 0 Å². The number of benzene rings is 1. The molecule has 0 bridgehead atoms. The number of rotatable bonds is 3. The van der Waals surface area contributed by atoms with Gasteiger partial charge in [0.25, 0.3) is 5.19 Å². The van der Waals surface area contributed by atoms with Crippen LogP contribution in [0.25, 0.3) is 0 Å². The molecule has 0 radical (unpaired) electrons. The van der Waals surface area contributed by atoms with Gasteiger partial charge < -0.3 is 9.84 Å². The fraction of sp³-hybridized carbons (Fsp3) is 0.182. The number of nitrogens with zero attached hydrogens (tertiary/aromatic N) is 2. The molecule has 0 unspecified atom stereocenters. The monoisotopic (exact) mass is 250 g/mol. The van der Waals surface area contributed by atoms with Gasteiger partial charge in [0.1, 0.15) is 11.6 Å². The van der Waals surface area contributed by atoms with Gasteiger partial charge in [-0.1, -0.05) is 0 Å². The van der Waals surface area contributed by atoms with Crippen LogP contribution in [0.5, 0.6) is 10.9 Å². The Labute approximate surface area is 102 Å². The van der Waals surface area contributed by atoms with Crippen LogP contribution in [0.3, 0.4) is 0 Å². The van der Waals surface area contributed by atoms with Crippen LogP contribution in [0, 0.1) is 13.8 Å². The number of aryl methyl sites for hydroxylation is 2. The van der Waals surface area contributed by atoms with E-state index in [1.807, 2.05) is 0 Å². The second-order valence-electron chi connectivity index (χ2n) is 3.49. The number of aromatic nitrogens is 2. The molecule has 0 amide bonds. The van der Waals surface area contributed by atoms with Gasteiger partial charge >= 0.3 is 5.97 Å². The predicted octanol–water partition coefficient (Wildman–Crippen LogP) is 2.65. The molecule has 1 N–H and O–H groups in total. The lowest BCUT2D eigenvalue weighted by Crippen LogP contribution is -1.99. The fourth-order valence-electron chi connectivity index (χ4n) is 1.36. The molecule has 1 aromatic carbocycles. The van der Waals surface area contributed by atoms with E-state index in [1.54, 1.807) is 26.0 Å². The molecule has 0 saturated carbocycles. The Morgan fingerprint density at radius 3 is 2.71 bits per heavy atom. The summed E-state index contributed by atoms with van der Waals surface area (Å²) in [5.41, 5.74) is 0.919. The molecule has 17 heavy (non-hydrogen) atoms. The Morgan fingerprint density at radius 1 is 1.41 bits per heavy atom. The number of carbonyl (C=O) groups is 1. The maximum atomic E-state index is 10.8. The molecular formula is C11H10N2O3S. The van der Waals surface area contributed by atoms with Crippen LogP contribution in [0.15, 0.2) is 18.2 Å². The van der Waals surface area contributed by atoms with Crippen molar-refractivity contribution in [2.75, 3.05) is 0 Å². The Morgan fingerprint density at radius 2 is 2.18 bits per heavy atom.